The van der Waals surface area contributed by atoms with E-state index in [1.165, 1.54) is 4.90 Å². The molecular weight excluding hydrogens is 566 g/mol. The van der Waals surface area contributed by atoms with Crippen molar-refractivity contribution in [3.8, 4) is 0 Å². The number of aliphatic hydroxyl groups excluding tert-OH is 1. The van der Waals surface area contributed by atoms with Crippen LogP contribution in [0.3, 0.4) is 0 Å². The second kappa shape index (κ2) is 17.5. The van der Waals surface area contributed by atoms with E-state index in [0.29, 0.717) is 43.6 Å². The third-order valence-electron chi connectivity index (χ3n) is 6.51. The predicted molar refractivity (Wildman–Crippen MR) is 151 cm³/mol. The molecule has 4 amide bonds. The van der Waals surface area contributed by atoms with Crippen LogP contribution < -0.4 is 44.8 Å². The maximum absolute atomic E-state index is 13.3. The number of likely N-dealkylation sites (tertiary alicyclic amines) is 1. The van der Waals surface area contributed by atoms with Crippen LogP contribution in [0.2, 0.25) is 0 Å². The number of carbonyl (C=O) groups excluding carboxylic acids is 4. The summed E-state index contributed by atoms with van der Waals surface area (Å²) >= 11 is 0. The minimum Gasteiger partial charge on any atom is -1.00 e. The number of nitrogens with two attached hydrogens (primary N) is 2. The van der Waals surface area contributed by atoms with Crippen molar-refractivity contribution in [3.05, 3.63) is 65.7 Å². The normalized spacial score (nSPS) is 14.6. The maximum atomic E-state index is 13.3. The summed E-state index contributed by atoms with van der Waals surface area (Å²) in [5.41, 5.74) is 12.9. The summed E-state index contributed by atoms with van der Waals surface area (Å²) in [7, 11) is 0. The van der Waals surface area contributed by atoms with Gasteiger partial charge in [-0.15, -0.1) is 0 Å². The number of anilines is 1. The van der Waals surface area contributed by atoms with Crippen LogP contribution >= 0.6 is 0 Å². The number of guanidine groups is 1. The lowest BCUT2D eigenvalue weighted by molar-refractivity contribution is -0.459. The Labute approximate surface area is 250 Å². The predicted octanol–water partition coefficient (Wildman–Crippen LogP) is -4.34. The third kappa shape index (κ3) is 10.9. The Morgan fingerprint density at radius 3 is 2.43 bits per heavy atom. The highest BCUT2D eigenvalue weighted by Crippen LogP contribution is 2.18. The van der Waals surface area contributed by atoms with Gasteiger partial charge in [0.15, 0.2) is 0 Å². The Morgan fingerprint density at radius 2 is 1.76 bits per heavy atom. The van der Waals surface area contributed by atoms with Crippen molar-refractivity contribution >= 4 is 35.5 Å². The molecule has 1 aliphatic rings. The first-order chi connectivity index (χ1) is 19.8. The number of halogens is 1. The van der Waals surface area contributed by atoms with Crippen LogP contribution in [-0.4, -0.2) is 71.5 Å². The summed E-state index contributed by atoms with van der Waals surface area (Å²) in [5.74, 6) is -1.27. The standard InChI is InChI=1S/C28H37N7O6.ClH/c29-27(30)31-14-4-8-22(25(38)33-21-12-10-19(17-36)11-13-21)34-26(39)23-9-5-15-35(23)24(37)16-32-28(40)41-18-20-6-2-1-3-7-20;/h1-3,6-7,10-13,22-23,36H,4-5,8-9,14-18H2,(H,32,40)(H,33,38)(H,34,39)(H4,29,30,31);1H/t22-,23-;/m0./s1. The largest absolute Gasteiger partial charge is 1.00 e. The minimum atomic E-state index is -0.899. The van der Waals surface area contributed by atoms with Gasteiger partial charge in [-0.2, -0.15) is 0 Å². The number of alkyl carbamates (subject to hydrolysis) is 1. The van der Waals surface area contributed by atoms with Crippen molar-refractivity contribution in [3.63, 3.8) is 0 Å². The van der Waals surface area contributed by atoms with Crippen molar-refractivity contribution < 1.29 is 46.4 Å². The van der Waals surface area contributed by atoms with E-state index in [9.17, 15) is 24.3 Å². The first kappa shape index (κ1) is 33.8. The van der Waals surface area contributed by atoms with Crippen molar-refractivity contribution in [2.75, 3.05) is 25.0 Å². The molecule has 0 radical (unpaired) electrons. The van der Waals surface area contributed by atoms with Gasteiger partial charge in [-0.25, -0.2) is 4.79 Å². The van der Waals surface area contributed by atoms with Gasteiger partial charge < -0.3 is 43.1 Å². The number of carbonyl (C=O) groups is 4. The topological polar surface area (TPSA) is 203 Å². The molecule has 1 heterocycles. The molecule has 42 heavy (non-hydrogen) atoms. The fraction of sp³-hybridized carbons (Fsp3) is 0.393. The van der Waals surface area contributed by atoms with E-state index < -0.39 is 35.9 Å². The number of nitrogens with zero attached hydrogens (tertiary/aromatic N) is 1. The average Bonchev–Trinajstić information content (AvgIpc) is 3.47. The van der Waals surface area contributed by atoms with E-state index in [-0.39, 0.29) is 44.5 Å². The molecule has 14 heteroatoms. The lowest BCUT2D eigenvalue weighted by Crippen LogP contribution is -3.00. The van der Waals surface area contributed by atoms with Gasteiger partial charge in [-0.05, 0) is 48.9 Å². The molecule has 0 saturated carbocycles. The molecule has 0 aromatic heterocycles. The Hall–Kier alpha value is -4.36. The van der Waals surface area contributed by atoms with Gasteiger partial charge in [0, 0.05) is 12.2 Å². The number of hydrogen-bond acceptors (Lipinski definition) is 6. The molecule has 0 unspecified atom stereocenters. The minimum absolute atomic E-state index is 0. The zero-order chi connectivity index (χ0) is 29.6. The van der Waals surface area contributed by atoms with Crippen LogP contribution in [0.1, 0.15) is 36.8 Å². The monoisotopic (exact) mass is 603 g/mol. The third-order valence-corrected chi connectivity index (χ3v) is 6.51. The number of ether oxygens (including phenoxy) is 1. The SMILES string of the molecule is NC(N)=[NH+]CCC[C@H](NC(=O)[C@@H]1CCCN1C(=O)CNC(=O)OCc1ccccc1)C(=O)Nc1ccc(CO)cc1.[Cl-]. The number of nitrogens with one attached hydrogen (secondary N) is 4. The molecule has 2 aromatic carbocycles. The molecule has 1 fully saturated rings. The fourth-order valence-corrected chi connectivity index (χ4v) is 4.36. The van der Waals surface area contributed by atoms with Crippen molar-refractivity contribution in [1.29, 1.82) is 0 Å². The van der Waals surface area contributed by atoms with Crippen LogP contribution in [0.15, 0.2) is 54.6 Å². The van der Waals surface area contributed by atoms with Crippen LogP contribution in [0.5, 0.6) is 0 Å². The second-order valence-corrected chi connectivity index (χ2v) is 9.59. The van der Waals surface area contributed by atoms with Crippen LogP contribution in [-0.2, 0) is 32.3 Å². The number of hydrogen-bond donors (Lipinski definition) is 7. The molecule has 0 aliphatic carbocycles. The average molecular weight is 604 g/mol. The van der Waals surface area contributed by atoms with Crippen molar-refractivity contribution in [2.24, 2.45) is 11.5 Å². The number of rotatable bonds is 13. The van der Waals surface area contributed by atoms with Crippen LogP contribution in [0, 0.1) is 0 Å². The van der Waals surface area contributed by atoms with Gasteiger partial charge in [-0.1, -0.05) is 42.5 Å². The maximum Gasteiger partial charge on any atom is 0.407 e. The van der Waals surface area contributed by atoms with Crippen molar-refractivity contribution in [2.45, 2.75) is 51.0 Å². The smallest absolute Gasteiger partial charge is 0.407 e. The molecule has 3 rings (SSSR count). The van der Waals surface area contributed by atoms with Gasteiger partial charge in [0.05, 0.1) is 13.2 Å². The van der Waals surface area contributed by atoms with E-state index in [1.807, 2.05) is 30.3 Å². The summed E-state index contributed by atoms with van der Waals surface area (Å²) in [6, 6.07) is 14.1. The highest BCUT2D eigenvalue weighted by Gasteiger charge is 2.35. The van der Waals surface area contributed by atoms with Gasteiger partial charge >= 0.3 is 12.1 Å². The van der Waals surface area contributed by atoms with E-state index in [1.54, 1.807) is 24.3 Å². The molecule has 13 nitrogen and oxygen atoms in total. The summed E-state index contributed by atoms with van der Waals surface area (Å²) in [6.07, 6.45) is 1.04. The first-order valence-electron chi connectivity index (χ1n) is 13.4. The van der Waals surface area contributed by atoms with E-state index in [2.05, 4.69) is 20.9 Å². The summed E-state index contributed by atoms with van der Waals surface area (Å²) < 4.78 is 5.14. The zero-order valence-corrected chi connectivity index (χ0v) is 23.9. The van der Waals surface area contributed by atoms with Crippen LogP contribution in [0.4, 0.5) is 10.5 Å². The molecule has 2 atom stereocenters. The zero-order valence-electron chi connectivity index (χ0n) is 23.2. The first-order valence-corrected chi connectivity index (χ1v) is 13.4. The molecule has 9 N–H and O–H groups in total. The molecule has 228 valence electrons. The van der Waals surface area contributed by atoms with Gasteiger partial charge in [0.25, 0.3) is 0 Å². The molecule has 0 bridgehead atoms. The fourth-order valence-electron chi connectivity index (χ4n) is 4.36. The number of amides is 4. The molecule has 1 saturated heterocycles. The molecule has 0 spiro atoms. The van der Waals surface area contributed by atoms with Crippen LogP contribution in [0.25, 0.3) is 0 Å². The van der Waals surface area contributed by atoms with Gasteiger partial charge in [0.2, 0.25) is 17.7 Å². The summed E-state index contributed by atoms with van der Waals surface area (Å²) in [6.45, 7) is 0.362. The Balaban J connectivity index is 0.00000616. The summed E-state index contributed by atoms with van der Waals surface area (Å²) in [4.78, 5) is 55.5. The Bertz CT molecular complexity index is 1210. The highest BCUT2D eigenvalue weighted by molar-refractivity contribution is 5.98. The summed E-state index contributed by atoms with van der Waals surface area (Å²) in [5, 5.41) is 17.2. The lowest BCUT2D eigenvalue weighted by atomic mass is 10.1. The van der Waals surface area contributed by atoms with Crippen molar-refractivity contribution in [1.82, 2.24) is 15.5 Å². The Kier molecular flexibility index (Phi) is 14.1. The number of aliphatic hydroxyl groups is 1. The molecular formula is C28H38ClN7O6. The quantitative estimate of drug-likeness (QED) is 0.0676. The number of benzene rings is 2. The Morgan fingerprint density at radius 1 is 1.05 bits per heavy atom. The van der Waals surface area contributed by atoms with E-state index >= 15 is 0 Å². The van der Waals surface area contributed by atoms with E-state index in [4.69, 9.17) is 16.2 Å². The van der Waals surface area contributed by atoms with E-state index in [0.717, 1.165) is 5.56 Å². The lowest BCUT2D eigenvalue weighted by Gasteiger charge is -2.26. The molecule has 1 aliphatic heterocycles. The van der Waals surface area contributed by atoms with Gasteiger partial charge in [0.1, 0.15) is 25.2 Å². The second-order valence-electron chi connectivity index (χ2n) is 9.59. The van der Waals surface area contributed by atoms with Gasteiger partial charge in [-0.3, -0.25) is 30.8 Å². The highest BCUT2D eigenvalue weighted by atomic mass is 35.5. The molecule has 2 aromatic rings.